The number of fused-ring (bicyclic) bond motifs is 1. The number of nitrogens with one attached hydrogen (secondary N) is 2. The highest BCUT2D eigenvalue weighted by Crippen LogP contribution is 2.02. The normalized spacial score (nSPS) is 10.1. The van der Waals surface area contributed by atoms with Crippen LogP contribution in [-0.4, -0.2) is 30.6 Å². The first kappa shape index (κ1) is 11.7. The monoisotopic (exact) mass is 248 g/mol. The van der Waals surface area contributed by atoms with Gasteiger partial charge in [-0.1, -0.05) is 5.92 Å². The number of carboxylic acid groups (broad SMARTS) is 1. The Kier molecular flexibility index (Phi) is 2.73. The van der Waals surface area contributed by atoms with E-state index >= 15 is 0 Å². The predicted octanol–water partition coefficient (Wildman–Crippen LogP) is -1.22. The van der Waals surface area contributed by atoms with Gasteiger partial charge in [-0.25, -0.2) is 9.78 Å². The number of imidazole rings is 1. The van der Waals surface area contributed by atoms with Gasteiger partial charge in [-0.05, 0) is 5.92 Å². The second-order valence-corrected chi connectivity index (χ2v) is 3.47. The molecule has 0 aromatic carbocycles. The van der Waals surface area contributed by atoms with Crippen molar-refractivity contribution in [3.63, 3.8) is 0 Å². The molecule has 8 heteroatoms. The van der Waals surface area contributed by atoms with Crippen LogP contribution < -0.4 is 11.2 Å². The van der Waals surface area contributed by atoms with E-state index in [0.717, 1.165) is 4.57 Å². The van der Waals surface area contributed by atoms with Gasteiger partial charge in [0, 0.05) is 7.05 Å². The van der Waals surface area contributed by atoms with Gasteiger partial charge in [0.1, 0.15) is 6.42 Å². The summed E-state index contributed by atoms with van der Waals surface area (Å²) in [5.74, 6) is 3.93. The molecule has 2 aromatic heterocycles. The van der Waals surface area contributed by atoms with Gasteiger partial charge in [0.15, 0.2) is 17.0 Å². The van der Waals surface area contributed by atoms with Crippen molar-refractivity contribution in [2.45, 2.75) is 6.42 Å². The highest BCUT2D eigenvalue weighted by molar-refractivity contribution is 5.71. The Morgan fingerprint density at radius 3 is 2.83 bits per heavy atom. The second kappa shape index (κ2) is 4.21. The number of hydrogen-bond acceptors (Lipinski definition) is 4. The molecule has 0 fully saturated rings. The van der Waals surface area contributed by atoms with E-state index in [0.29, 0.717) is 0 Å². The summed E-state index contributed by atoms with van der Waals surface area (Å²) in [6.45, 7) is 0. The first-order valence-corrected chi connectivity index (χ1v) is 4.88. The van der Waals surface area contributed by atoms with Gasteiger partial charge in [0.05, 0.1) is 0 Å². The molecule has 8 nitrogen and oxygen atoms in total. The standard InChI is InChI=1S/C10H8N4O4/c1-14-8-7(9(17)13-10(14)18)11-5(12-8)3-2-4-6(15)16/h4H2,1H3,(H,11,12)(H,15,16)(H,13,17,18). The molecule has 0 bridgehead atoms. The molecule has 0 aliphatic heterocycles. The highest BCUT2D eigenvalue weighted by atomic mass is 16.4. The molecule has 0 saturated carbocycles. The maximum Gasteiger partial charge on any atom is 0.329 e. The third kappa shape index (κ3) is 2.01. The van der Waals surface area contributed by atoms with Gasteiger partial charge in [-0.15, -0.1) is 0 Å². The number of H-pyrrole nitrogens is 2. The number of carbonyl (C=O) groups is 1. The molecule has 0 radical (unpaired) electrons. The zero-order chi connectivity index (χ0) is 13.3. The van der Waals surface area contributed by atoms with Crippen molar-refractivity contribution < 1.29 is 9.90 Å². The lowest BCUT2D eigenvalue weighted by Gasteiger charge is -1.94. The minimum atomic E-state index is -1.05. The minimum Gasteiger partial charge on any atom is -0.481 e. The van der Waals surface area contributed by atoms with Crippen LogP contribution in [0.25, 0.3) is 11.2 Å². The number of aliphatic carboxylic acids is 1. The molecule has 0 amide bonds. The lowest BCUT2D eigenvalue weighted by molar-refractivity contribution is -0.135. The fraction of sp³-hybridized carbons (Fsp3) is 0.200. The highest BCUT2D eigenvalue weighted by Gasteiger charge is 2.09. The molecule has 2 aromatic rings. The molecular formula is C10H8N4O4. The SMILES string of the molecule is Cn1c(=O)[nH]c(=O)c2[nH]c(C#CCC(=O)O)nc21. The van der Waals surface area contributed by atoms with E-state index in [9.17, 15) is 14.4 Å². The van der Waals surface area contributed by atoms with E-state index in [1.54, 1.807) is 0 Å². The maximum atomic E-state index is 11.5. The molecule has 2 rings (SSSR count). The molecule has 92 valence electrons. The number of aryl methyl sites for hydroxylation is 1. The fourth-order valence-corrected chi connectivity index (χ4v) is 1.37. The minimum absolute atomic E-state index is 0.122. The maximum absolute atomic E-state index is 11.5. The summed E-state index contributed by atoms with van der Waals surface area (Å²) in [5, 5.41) is 8.42. The van der Waals surface area contributed by atoms with E-state index in [4.69, 9.17) is 5.11 Å². The fourth-order valence-electron chi connectivity index (χ4n) is 1.37. The Morgan fingerprint density at radius 1 is 1.44 bits per heavy atom. The zero-order valence-electron chi connectivity index (χ0n) is 9.27. The molecule has 3 N–H and O–H groups in total. The van der Waals surface area contributed by atoms with Gasteiger partial charge < -0.3 is 10.1 Å². The van der Waals surface area contributed by atoms with Crippen LogP contribution in [0.3, 0.4) is 0 Å². The summed E-state index contributed by atoms with van der Waals surface area (Å²) in [6.07, 6.45) is -0.327. The van der Waals surface area contributed by atoms with Gasteiger partial charge >= 0.3 is 11.7 Å². The lowest BCUT2D eigenvalue weighted by atomic mass is 10.4. The summed E-state index contributed by atoms with van der Waals surface area (Å²) < 4.78 is 1.16. The van der Waals surface area contributed by atoms with Crippen LogP contribution in [0.2, 0.25) is 0 Å². The number of rotatable bonds is 1. The Bertz CT molecular complexity index is 799. The number of hydrogen-bond donors (Lipinski definition) is 3. The Labute approximate surface area is 99.3 Å². The summed E-state index contributed by atoms with van der Waals surface area (Å²) in [7, 11) is 1.45. The number of aromatic nitrogens is 4. The molecule has 2 heterocycles. The first-order chi connectivity index (χ1) is 8.49. The van der Waals surface area contributed by atoms with Gasteiger partial charge in [-0.3, -0.25) is 19.1 Å². The molecular weight excluding hydrogens is 240 g/mol. The van der Waals surface area contributed by atoms with Crippen molar-refractivity contribution in [2.24, 2.45) is 7.05 Å². The van der Waals surface area contributed by atoms with Crippen LogP contribution in [0.4, 0.5) is 0 Å². The van der Waals surface area contributed by atoms with Crippen molar-refractivity contribution in [2.75, 3.05) is 0 Å². The summed E-state index contributed by atoms with van der Waals surface area (Å²) >= 11 is 0. The molecule has 0 aliphatic carbocycles. The number of nitrogens with zero attached hydrogens (tertiary/aromatic N) is 2. The molecule has 0 atom stereocenters. The smallest absolute Gasteiger partial charge is 0.329 e. The zero-order valence-corrected chi connectivity index (χ0v) is 9.27. The van der Waals surface area contributed by atoms with E-state index in [1.165, 1.54) is 7.05 Å². The van der Waals surface area contributed by atoms with Crippen LogP contribution in [0.5, 0.6) is 0 Å². The molecule has 0 unspecified atom stereocenters. The van der Waals surface area contributed by atoms with Crippen LogP contribution >= 0.6 is 0 Å². The van der Waals surface area contributed by atoms with Crippen molar-refractivity contribution in [1.29, 1.82) is 0 Å². The first-order valence-electron chi connectivity index (χ1n) is 4.88. The summed E-state index contributed by atoms with van der Waals surface area (Å²) in [5.41, 5.74) is -0.879. The van der Waals surface area contributed by atoms with Crippen LogP contribution in [0, 0.1) is 11.8 Å². The quantitative estimate of drug-likeness (QED) is 0.546. The number of aromatic amines is 2. The third-order valence-electron chi connectivity index (χ3n) is 2.20. The largest absolute Gasteiger partial charge is 0.481 e. The van der Waals surface area contributed by atoms with Gasteiger partial charge in [-0.2, -0.15) is 0 Å². The molecule has 18 heavy (non-hydrogen) atoms. The molecule has 0 aliphatic rings. The molecule has 0 spiro atoms. The Balaban J connectivity index is 2.57. The topological polar surface area (TPSA) is 121 Å². The van der Waals surface area contributed by atoms with E-state index < -0.39 is 17.2 Å². The van der Waals surface area contributed by atoms with E-state index in [2.05, 4.69) is 26.8 Å². The lowest BCUT2D eigenvalue weighted by Crippen LogP contribution is -2.28. The van der Waals surface area contributed by atoms with Gasteiger partial charge in [0.2, 0.25) is 0 Å². The Morgan fingerprint density at radius 2 is 2.17 bits per heavy atom. The van der Waals surface area contributed by atoms with Crippen molar-refractivity contribution in [3.05, 3.63) is 26.7 Å². The summed E-state index contributed by atoms with van der Waals surface area (Å²) in [4.78, 5) is 41.7. The van der Waals surface area contributed by atoms with Crippen molar-refractivity contribution in [3.8, 4) is 11.8 Å². The van der Waals surface area contributed by atoms with Crippen LogP contribution in [0.1, 0.15) is 12.2 Å². The number of carboxylic acids is 1. The van der Waals surface area contributed by atoms with Gasteiger partial charge in [0.25, 0.3) is 5.56 Å². The van der Waals surface area contributed by atoms with Crippen molar-refractivity contribution in [1.82, 2.24) is 19.5 Å². The molecule has 0 saturated heterocycles. The van der Waals surface area contributed by atoms with Crippen LogP contribution in [-0.2, 0) is 11.8 Å². The van der Waals surface area contributed by atoms with Crippen molar-refractivity contribution >= 4 is 17.1 Å². The summed E-state index contributed by atoms with van der Waals surface area (Å²) in [6, 6.07) is 0. The second-order valence-electron chi connectivity index (χ2n) is 3.47. The Hall–Kier alpha value is -2.82. The average Bonchev–Trinajstić information content (AvgIpc) is 2.70. The van der Waals surface area contributed by atoms with Crippen LogP contribution in [0.15, 0.2) is 9.59 Å². The average molecular weight is 248 g/mol. The van der Waals surface area contributed by atoms with E-state index in [-0.39, 0.29) is 23.4 Å². The third-order valence-corrected chi connectivity index (χ3v) is 2.20. The predicted molar refractivity (Wildman–Crippen MR) is 61.1 cm³/mol. The van der Waals surface area contributed by atoms with E-state index in [1.807, 2.05) is 0 Å².